The Hall–Kier alpha value is -2.15. The third-order valence-corrected chi connectivity index (χ3v) is 2.89. The van der Waals surface area contributed by atoms with E-state index in [0.717, 1.165) is 0 Å². The second kappa shape index (κ2) is 6.74. The Morgan fingerprint density at radius 2 is 1.91 bits per heavy atom. The molecule has 0 unspecified atom stereocenters. The summed E-state index contributed by atoms with van der Waals surface area (Å²) in [6.07, 6.45) is -4.78. The lowest BCUT2D eigenvalue weighted by Crippen LogP contribution is -2.19. The summed E-state index contributed by atoms with van der Waals surface area (Å²) in [5.41, 5.74) is 0.688. The minimum Gasteiger partial charge on any atom is -0.473 e. The first kappa shape index (κ1) is 16.2. The third-order valence-electron chi connectivity index (χ3n) is 2.68. The van der Waals surface area contributed by atoms with Crippen LogP contribution in [0.15, 0.2) is 36.4 Å². The minimum atomic E-state index is -4.78. The second-order valence-electron chi connectivity index (χ2n) is 4.17. The van der Waals surface area contributed by atoms with Gasteiger partial charge in [0.1, 0.15) is 17.5 Å². The zero-order valence-corrected chi connectivity index (χ0v) is 12.2. The van der Waals surface area contributed by atoms with Crippen molar-refractivity contribution in [2.75, 3.05) is 12.4 Å². The van der Waals surface area contributed by atoms with Crippen LogP contribution in [0.1, 0.15) is 5.56 Å². The van der Waals surface area contributed by atoms with E-state index in [1.54, 1.807) is 31.3 Å². The van der Waals surface area contributed by atoms with Crippen LogP contribution in [0.2, 0.25) is 5.15 Å². The number of benzene rings is 1. The molecule has 1 aromatic carbocycles. The monoisotopic (exact) mass is 332 g/mol. The molecule has 2 aromatic rings. The number of rotatable bonds is 5. The standard InChI is InChI=1S/C14H12ClF3N2O2/c1-19-10-4-2-5-11(22-14(16,17)18)9(10)8-21-13-7-3-6-12(15)20-13/h2-7,19H,8H2,1H3. The Bertz CT molecular complexity index is 650. The molecule has 0 atom stereocenters. The van der Waals surface area contributed by atoms with Crippen molar-refractivity contribution in [1.29, 1.82) is 0 Å². The minimum absolute atomic E-state index is 0.157. The molecule has 0 aliphatic carbocycles. The zero-order chi connectivity index (χ0) is 16.2. The molecule has 0 fully saturated rings. The number of ether oxygens (including phenoxy) is 2. The van der Waals surface area contributed by atoms with Gasteiger partial charge in [0.2, 0.25) is 5.88 Å². The molecule has 0 saturated carbocycles. The number of pyridine rings is 1. The highest BCUT2D eigenvalue weighted by molar-refractivity contribution is 6.29. The number of hydrogen-bond donors (Lipinski definition) is 1. The fraction of sp³-hybridized carbons (Fsp3) is 0.214. The van der Waals surface area contributed by atoms with Crippen molar-refractivity contribution in [2.24, 2.45) is 0 Å². The largest absolute Gasteiger partial charge is 0.573 e. The van der Waals surface area contributed by atoms with Gasteiger partial charge in [-0.2, -0.15) is 0 Å². The molecule has 1 aromatic heterocycles. The predicted molar refractivity (Wildman–Crippen MR) is 76.3 cm³/mol. The van der Waals surface area contributed by atoms with Crippen LogP contribution in [0.3, 0.4) is 0 Å². The van der Waals surface area contributed by atoms with Crippen LogP contribution in [0.25, 0.3) is 0 Å². The quantitative estimate of drug-likeness (QED) is 0.831. The smallest absolute Gasteiger partial charge is 0.473 e. The molecule has 0 spiro atoms. The SMILES string of the molecule is CNc1cccc(OC(F)(F)F)c1COc1cccc(Cl)n1. The van der Waals surface area contributed by atoms with Crippen molar-refractivity contribution in [3.05, 3.63) is 47.1 Å². The fourth-order valence-electron chi connectivity index (χ4n) is 1.79. The van der Waals surface area contributed by atoms with Crippen LogP contribution in [0, 0.1) is 0 Å². The van der Waals surface area contributed by atoms with Crippen LogP contribution in [0.5, 0.6) is 11.6 Å². The first-order valence-corrected chi connectivity index (χ1v) is 6.57. The van der Waals surface area contributed by atoms with E-state index in [1.807, 2.05) is 0 Å². The lowest BCUT2D eigenvalue weighted by Gasteiger charge is -2.16. The summed E-state index contributed by atoms with van der Waals surface area (Å²) in [4.78, 5) is 3.91. The average Bonchev–Trinajstić information content (AvgIpc) is 2.44. The number of halogens is 4. The van der Waals surface area contributed by atoms with E-state index >= 15 is 0 Å². The van der Waals surface area contributed by atoms with Gasteiger partial charge in [-0.15, -0.1) is 13.2 Å². The molecule has 2 rings (SSSR count). The third kappa shape index (κ3) is 4.42. The van der Waals surface area contributed by atoms with Crippen molar-refractivity contribution in [1.82, 2.24) is 4.98 Å². The van der Waals surface area contributed by atoms with E-state index in [-0.39, 0.29) is 29.0 Å². The average molecular weight is 333 g/mol. The van der Waals surface area contributed by atoms with Crippen molar-refractivity contribution >= 4 is 17.3 Å². The summed E-state index contributed by atoms with van der Waals surface area (Å²) in [7, 11) is 1.59. The number of nitrogens with one attached hydrogen (secondary N) is 1. The number of nitrogens with zero attached hydrogens (tertiary/aromatic N) is 1. The molecule has 0 aliphatic heterocycles. The van der Waals surface area contributed by atoms with E-state index in [0.29, 0.717) is 5.69 Å². The van der Waals surface area contributed by atoms with Gasteiger partial charge in [-0.25, -0.2) is 4.98 Å². The Kier molecular flexibility index (Phi) is 4.97. The van der Waals surface area contributed by atoms with Crippen LogP contribution < -0.4 is 14.8 Å². The first-order chi connectivity index (χ1) is 10.4. The lowest BCUT2D eigenvalue weighted by molar-refractivity contribution is -0.275. The number of anilines is 1. The van der Waals surface area contributed by atoms with Crippen molar-refractivity contribution in [3.8, 4) is 11.6 Å². The maximum Gasteiger partial charge on any atom is 0.573 e. The molecule has 22 heavy (non-hydrogen) atoms. The van der Waals surface area contributed by atoms with Gasteiger partial charge in [0.05, 0.1) is 5.56 Å². The molecule has 0 bridgehead atoms. The second-order valence-corrected chi connectivity index (χ2v) is 4.55. The number of aromatic nitrogens is 1. The Labute approximate surface area is 129 Å². The van der Waals surface area contributed by atoms with E-state index in [2.05, 4.69) is 15.0 Å². The highest BCUT2D eigenvalue weighted by Crippen LogP contribution is 2.32. The van der Waals surface area contributed by atoms with Crippen LogP contribution in [0.4, 0.5) is 18.9 Å². The molecular weight excluding hydrogens is 321 g/mol. The molecule has 4 nitrogen and oxygen atoms in total. The van der Waals surface area contributed by atoms with Crippen LogP contribution >= 0.6 is 11.6 Å². The first-order valence-electron chi connectivity index (χ1n) is 6.20. The molecule has 8 heteroatoms. The van der Waals surface area contributed by atoms with Crippen LogP contribution in [-0.2, 0) is 6.61 Å². The summed E-state index contributed by atoms with van der Waals surface area (Å²) in [6, 6.07) is 9.04. The van der Waals surface area contributed by atoms with E-state index in [1.165, 1.54) is 12.1 Å². The molecule has 0 saturated heterocycles. The maximum absolute atomic E-state index is 12.5. The summed E-state index contributed by atoms with van der Waals surface area (Å²) < 4.78 is 46.8. The van der Waals surface area contributed by atoms with Crippen molar-refractivity contribution in [3.63, 3.8) is 0 Å². The van der Waals surface area contributed by atoms with Gasteiger partial charge < -0.3 is 14.8 Å². The Morgan fingerprint density at radius 3 is 2.55 bits per heavy atom. The summed E-state index contributed by atoms with van der Waals surface area (Å²) >= 11 is 5.73. The van der Waals surface area contributed by atoms with E-state index in [4.69, 9.17) is 16.3 Å². The topological polar surface area (TPSA) is 43.4 Å². The molecule has 0 radical (unpaired) electrons. The number of alkyl halides is 3. The number of hydrogen-bond acceptors (Lipinski definition) is 4. The van der Waals surface area contributed by atoms with Crippen LogP contribution in [-0.4, -0.2) is 18.4 Å². The normalized spacial score (nSPS) is 11.1. The van der Waals surface area contributed by atoms with Gasteiger partial charge in [0, 0.05) is 18.8 Å². The van der Waals surface area contributed by atoms with E-state index < -0.39 is 6.36 Å². The fourth-order valence-corrected chi connectivity index (χ4v) is 1.94. The molecule has 1 N–H and O–H groups in total. The van der Waals surface area contributed by atoms with Gasteiger partial charge in [-0.05, 0) is 18.2 Å². The molecule has 1 heterocycles. The van der Waals surface area contributed by atoms with Crippen molar-refractivity contribution < 1.29 is 22.6 Å². The summed E-state index contributed by atoms with van der Waals surface area (Å²) in [6.45, 7) is -0.157. The summed E-state index contributed by atoms with van der Waals surface area (Å²) in [5.74, 6) is -0.127. The van der Waals surface area contributed by atoms with Gasteiger partial charge in [0.25, 0.3) is 0 Å². The molecular formula is C14H12ClF3N2O2. The van der Waals surface area contributed by atoms with Gasteiger partial charge in [-0.1, -0.05) is 23.7 Å². The Morgan fingerprint density at radius 1 is 1.18 bits per heavy atom. The van der Waals surface area contributed by atoms with Gasteiger partial charge >= 0.3 is 6.36 Å². The zero-order valence-electron chi connectivity index (χ0n) is 11.4. The van der Waals surface area contributed by atoms with Gasteiger partial charge in [-0.3, -0.25) is 0 Å². The maximum atomic E-state index is 12.5. The molecule has 0 amide bonds. The van der Waals surface area contributed by atoms with E-state index in [9.17, 15) is 13.2 Å². The predicted octanol–water partition coefficient (Wildman–Crippen LogP) is 4.25. The van der Waals surface area contributed by atoms with Gasteiger partial charge in [0.15, 0.2) is 0 Å². The molecule has 118 valence electrons. The Balaban J connectivity index is 2.24. The van der Waals surface area contributed by atoms with Crippen molar-refractivity contribution in [2.45, 2.75) is 13.0 Å². The highest BCUT2D eigenvalue weighted by atomic mass is 35.5. The molecule has 0 aliphatic rings. The summed E-state index contributed by atoms with van der Waals surface area (Å²) in [5, 5.41) is 3.02. The highest BCUT2D eigenvalue weighted by Gasteiger charge is 2.32. The lowest BCUT2D eigenvalue weighted by atomic mass is 10.1.